The Hall–Kier alpha value is -1.75. The Balaban J connectivity index is 1.61. The molecule has 5 heteroatoms. The fourth-order valence-corrected chi connectivity index (χ4v) is 8.50. The second-order valence-corrected chi connectivity index (χ2v) is 12.4. The molecule has 0 aromatic carbocycles. The van der Waals surface area contributed by atoms with Crippen molar-refractivity contribution in [1.82, 2.24) is 0 Å². The molecule has 0 aromatic rings. The molecule has 9 atom stereocenters. The first kappa shape index (κ1) is 25.3. The summed E-state index contributed by atoms with van der Waals surface area (Å²) in [5, 5.41) is 20.6. The van der Waals surface area contributed by atoms with E-state index in [0.29, 0.717) is 43.9 Å². The number of fused-ring (bicyclic) bond motifs is 4. The van der Waals surface area contributed by atoms with E-state index in [4.69, 9.17) is 0 Å². The quantitative estimate of drug-likeness (QED) is 0.509. The zero-order valence-electron chi connectivity index (χ0n) is 21.5. The van der Waals surface area contributed by atoms with Gasteiger partial charge in [0, 0.05) is 29.7 Å². The SMILES string of the molecule is C=C(CC[C@@H](C)[C@H]1CCC2C3=C(C(=O)C[C@@]21C)[C@@]1(C)CCC(=O)[C@@H](C)C1C[C@@H]3O)[C@@H](C)C(=O)O. The third-order valence-corrected chi connectivity index (χ3v) is 10.7. The van der Waals surface area contributed by atoms with E-state index in [1.807, 2.05) is 6.92 Å². The van der Waals surface area contributed by atoms with E-state index < -0.39 is 18.0 Å². The van der Waals surface area contributed by atoms with Gasteiger partial charge in [-0.25, -0.2) is 0 Å². The predicted molar refractivity (Wildman–Crippen MR) is 131 cm³/mol. The maximum Gasteiger partial charge on any atom is 0.310 e. The maximum atomic E-state index is 13.8. The number of aliphatic carboxylic acids is 1. The summed E-state index contributed by atoms with van der Waals surface area (Å²) in [6.45, 7) is 14.3. The van der Waals surface area contributed by atoms with Gasteiger partial charge in [0.1, 0.15) is 5.78 Å². The molecule has 4 rings (SSSR count). The number of carbonyl (C=O) groups excluding carboxylic acids is 2. The standard InChI is InChI=1S/C29H42O5/c1-15(17(3)27(33)34)7-8-16(2)19-9-10-20-25-23(31)13-21-18(4)22(30)11-12-28(21,5)26(25)24(32)14-29(19,20)6/h16-21,23,31H,1,7-14H2,2-6H3,(H,33,34)/t16-,17-,18+,19-,20?,21?,23+,28+,29-/m1/s1. The van der Waals surface area contributed by atoms with E-state index in [9.17, 15) is 24.6 Å². The molecule has 0 aliphatic heterocycles. The Morgan fingerprint density at radius 1 is 1.21 bits per heavy atom. The minimum Gasteiger partial charge on any atom is -0.481 e. The first-order chi connectivity index (χ1) is 15.8. The molecular formula is C29H42O5. The smallest absolute Gasteiger partial charge is 0.310 e. The van der Waals surface area contributed by atoms with Gasteiger partial charge >= 0.3 is 5.97 Å². The molecular weight excluding hydrogens is 428 g/mol. The average molecular weight is 471 g/mol. The van der Waals surface area contributed by atoms with Crippen LogP contribution in [-0.4, -0.2) is 33.9 Å². The maximum absolute atomic E-state index is 13.8. The zero-order chi connectivity index (χ0) is 25.2. The summed E-state index contributed by atoms with van der Waals surface area (Å²) in [7, 11) is 0. The number of hydrogen-bond donors (Lipinski definition) is 2. The van der Waals surface area contributed by atoms with Gasteiger partial charge in [-0.1, -0.05) is 39.8 Å². The highest BCUT2D eigenvalue weighted by atomic mass is 16.4. The topological polar surface area (TPSA) is 91.7 Å². The minimum absolute atomic E-state index is 0.0363. The molecule has 2 N–H and O–H groups in total. The Morgan fingerprint density at radius 3 is 2.53 bits per heavy atom. The first-order valence-electron chi connectivity index (χ1n) is 13.2. The van der Waals surface area contributed by atoms with Crippen LogP contribution < -0.4 is 0 Å². The number of ketones is 2. The molecule has 0 bridgehead atoms. The Labute approximate surface area is 204 Å². The lowest BCUT2D eigenvalue weighted by Gasteiger charge is -2.55. The van der Waals surface area contributed by atoms with Gasteiger partial charge in [-0.2, -0.15) is 0 Å². The second kappa shape index (κ2) is 8.72. The molecule has 0 heterocycles. The van der Waals surface area contributed by atoms with E-state index >= 15 is 0 Å². The monoisotopic (exact) mass is 470 g/mol. The van der Waals surface area contributed by atoms with Crippen molar-refractivity contribution in [1.29, 1.82) is 0 Å². The van der Waals surface area contributed by atoms with Crippen LogP contribution in [-0.2, 0) is 14.4 Å². The normalized spacial score (nSPS) is 41.4. The van der Waals surface area contributed by atoms with Crippen LogP contribution in [0.4, 0.5) is 0 Å². The summed E-state index contributed by atoms with van der Waals surface area (Å²) < 4.78 is 0. The van der Waals surface area contributed by atoms with Crippen LogP contribution in [0, 0.1) is 46.3 Å². The number of carbonyl (C=O) groups is 3. The number of aliphatic hydroxyl groups is 1. The van der Waals surface area contributed by atoms with E-state index in [1.165, 1.54) is 0 Å². The molecule has 0 saturated heterocycles. The van der Waals surface area contributed by atoms with Crippen molar-refractivity contribution in [3.63, 3.8) is 0 Å². The van der Waals surface area contributed by atoms with E-state index in [-0.39, 0.29) is 40.2 Å². The van der Waals surface area contributed by atoms with Gasteiger partial charge < -0.3 is 10.2 Å². The van der Waals surface area contributed by atoms with Crippen LogP contribution in [0.5, 0.6) is 0 Å². The van der Waals surface area contributed by atoms with Gasteiger partial charge in [0.15, 0.2) is 5.78 Å². The summed E-state index contributed by atoms with van der Waals surface area (Å²) in [6, 6.07) is 0. The molecule has 2 unspecified atom stereocenters. The Kier molecular flexibility index (Phi) is 6.50. The van der Waals surface area contributed by atoms with Gasteiger partial charge in [-0.05, 0) is 80.1 Å². The summed E-state index contributed by atoms with van der Waals surface area (Å²) in [5.41, 5.74) is 2.13. The Morgan fingerprint density at radius 2 is 1.88 bits per heavy atom. The van der Waals surface area contributed by atoms with E-state index in [1.54, 1.807) is 6.92 Å². The molecule has 0 radical (unpaired) electrons. The van der Waals surface area contributed by atoms with Crippen molar-refractivity contribution in [3.8, 4) is 0 Å². The number of carboxylic acids is 1. The number of Topliss-reactive ketones (excluding diaryl/α,β-unsaturated/α-hetero) is 2. The van der Waals surface area contributed by atoms with Crippen molar-refractivity contribution in [2.45, 2.75) is 92.1 Å². The van der Waals surface area contributed by atoms with Crippen molar-refractivity contribution in [2.75, 3.05) is 0 Å². The summed E-state index contributed by atoms with van der Waals surface area (Å²) >= 11 is 0. The summed E-state index contributed by atoms with van der Waals surface area (Å²) in [4.78, 5) is 37.6. The third-order valence-electron chi connectivity index (χ3n) is 10.7. The van der Waals surface area contributed by atoms with Crippen LogP contribution >= 0.6 is 0 Å². The zero-order valence-corrected chi connectivity index (χ0v) is 21.5. The molecule has 4 aliphatic carbocycles. The molecule has 5 nitrogen and oxygen atoms in total. The van der Waals surface area contributed by atoms with Crippen LogP contribution in [0.3, 0.4) is 0 Å². The predicted octanol–water partition coefficient (Wildman–Crippen LogP) is 5.37. The Bertz CT molecular complexity index is 946. The fraction of sp³-hybridized carbons (Fsp3) is 0.759. The molecule has 34 heavy (non-hydrogen) atoms. The molecule has 2 fully saturated rings. The average Bonchev–Trinajstić information content (AvgIpc) is 3.11. The molecule has 188 valence electrons. The van der Waals surface area contributed by atoms with Gasteiger partial charge in [0.2, 0.25) is 0 Å². The lowest BCUT2D eigenvalue weighted by Crippen LogP contribution is -2.54. The van der Waals surface area contributed by atoms with Crippen LogP contribution in [0.2, 0.25) is 0 Å². The van der Waals surface area contributed by atoms with Gasteiger partial charge in [-0.15, -0.1) is 0 Å². The van der Waals surface area contributed by atoms with Gasteiger partial charge in [-0.3, -0.25) is 14.4 Å². The lowest BCUT2D eigenvalue weighted by atomic mass is 9.48. The molecule has 0 aromatic heterocycles. The van der Waals surface area contributed by atoms with Crippen molar-refractivity contribution in [2.24, 2.45) is 46.3 Å². The lowest BCUT2D eigenvalue weighted by molar-refractivity contribution is -0.140. The first-order valence-corrected chi connectivity index (χ1v) is 13.2. The second-order valence-electron chi connectivity index (χ2n) is 12.4. The van der Waals surface area contributed by atoms with E-state index in [2.05, 4.69) is 27.4 Å². The van der Waals surface area contributed by atoms with Crippen LogP contribution in [0.1, 0.15) is 86.0 Å². The van der Waals surface area contributed by atoms with Gasteiger partial charge in [0.05, 0.1) is 12.0 Å². The number of carboxylic acid groups (broad SMARTS) is 1. The number of hydrogen-bond acceptors (Lipinski definition) is 4. The highest BCUT2D eigenvalue weighted by molar-refractivity contribution is 6.00. The number of allylic oxidation sites excluding steroid dienone is 1. The van der Waals surface area contributed by atoms with E-state index in [0.717, 1.165) is 36.0 Å². The minimum atomic E-state index is -0.834. The number of rotatable bonds is 6. The third kappa shape index (κ3) is 3.73. The highest BCUT2D eigenvalue weighted by Crippen LogP contribution is 2.65. The molecule has 2 saturated carbocycles. The largest absolute Gasteiger partial charge is 0.481 e. The van der Waals surface area contributed by atoms with Crippen LogP contribution in [0.25, 0.3) is 0 Å². The summed E-state index contributed by atoms with van der Waals surface area (Å²) in [5.74, 6) is -0.0967. The summed E-state index contributed by atoms with van der Waals surface area (Å²) in [6.07, 6.45) is 5.24. The fourth-order valence-electron chi connectivity index (χ4n) is 8.50. The molecule has 4 aliphatic rings. The van der Waals surface area contributed by atoms with Crippen molar-refractivity contribution >= 4 is 17.5 Å². The molecule has 0 spiro atoms. The van der Waals surface area contributed by atoms with Crippen molar-refractivity contribution < 1.29 is 24.6 Å². The van der Waals surface area contributed by atoms with Crippen molar-refractivity contribution in [3.05, 3.63) is 23.3 Å². The molecule has 0 amide bonds. The van der Waals surface area contributed by atoms with Gasteiger partial charge in [0.25, 0.3) is 0 Å². The van der Waals surface area contributed by atoms with Crippen LogP contribution in [0.15, 0.2) is 23.3 Å². The highest BCUT2D eigenvalue weighted by Gasteiger charge is 2.61. The number of aliphatic hydroxyl groups excluding tert-OH is 1.